The molecular weight excluding hydrogens is 322 g/mol. The molecule has 0 aromatic rings. The van der Waals surface area contributed by atoms with E-state index in [1.807, 2.05) is 41.5 Å². The van der Waals surface area contributed by atoms with Crippen molar-refractivity contribution in [2.75, 3.05) is 26.2 Å². The van der Waals surface area contributed by atoms with Gasteiger partial charge in [0, 0.05) is 19.6 Å². The normalized spacial score (nSPS) is 22.1. The maximum atomic E-state index is 12.3. The summed E-state index contributed by atoms with van der Waals surface area (Å²) in [6, 6.07) is 0. The van der Waals surface area contributed by atoms with Gasteiger partial charge >= 0.3 is 12.2 Å². The molecule has 0 unspecified atom stereocenters. The summed E-state index contributed by atoms with van der Waals surface area (Å²) in [4.78, 5) is 25.9. The van der Waals surface area contributed by atoms with Gasteiger partial charge < -0.3 is 25.4 Å². The first-order valence-corrected chi connectivity index (χ1v) is 9.06. The van der Waals surface area contributed by atoms with Gasteiger partial charge in [-0.2, -0.15) is 0 Å². The summed E-state index contributed by atoms with van der Waals surface area (Å²) in [5, 5.41) is 2.83. The van der Waals surface area contributed by atoms with Crippen molar-refractivity contribution in [3.63, 3.8) is 0 Å². The van der Waals surface area contributed by atoms with Crippen LogP contribution in [0.25, 0.3) is 0 Å². The maximum absolute atomic E-state index is 12.3. The Kier molecular flexibility index (Phi) is 7.53. The van der Waals surface area contributed by atoms with Crippen molar-refractivity contribution in [1.82, 2.24) is 10.2 Å². The number of hydrogen-bond acceptors (Lipinski definition) is 5. The molecule has 25 heavy (non-hydrogen) atoms. The number of nitrogens with two attached hydrogens (primary N) is 1. The summed E-state index contributed by atoms with van der Waals surface area (Å²) in [5.41, 5.74) is 4.89. The summed E-state index contributed by atoms with van der Waals surface area (Å²) in [6.45, 7) is 13.3. The van der Waals surface area contributed by atoms with E-state index in [1.165, 1.54) is 0 Å². The maximum Gasteiger partial charge on any atom is 0.410 e. The van der Waals surface area contributed by atoms with Gasteiger partial charge in [0.25, 0.3) is 0 Å². The zero-order valence-corrected chi connectivity index (χ0v) is 16.6. The molecule has 0 spiro atoms. The van der Waals surface area contributed by atoms with E-state index in [9.17, 15) is 9.59 Å². The van der Waals surface area contributed by atoms with E-state index < -0.39 is 17.3 Å². The standard InChI is InChI=1S/C18H35N3O4/c1-17(2,3)24-15(22)20-12-14-8-10-21(9-7-13(14)11-19)16(23)25-18(4,5)6/h13-14H,7-12,19H2,1-6H3,(H,20,22)/t13-,14+/m1/s1. The number of alkyl carbamates (subject to hydrolysis) is 1. The first-order valence-electron chi connectivity index (χ1n) is 9.06. The zero-order valence-electron chi connectivity index (χ0n) is 16.6. The lowest BCUT2D eigenvalue weighted by Gasteiger charge is -2.26. The highest BCUT2D eigenvalue weighted by Gasteiger charge is 2.30. The van der Waals surface area contributed by atoms with Crippen LogP contribution in [0.3, 0.4) is 0 Å². The van der Waals surface area contributed by atoms with E-state index in [1.54, 1.807) is 4.90 Å². The summed E-state index contributed by atoms with van der Waals surface area (Å²) < 4.78 is 10.7. The molecule has 2 amide bonds. The van der Waals surface area contributed by atoms with E-state index in [4.69, 9.17) is 15.2 Å². The third-order valence-electron chi connectivity index (χ3n) is 4.07. The average molecular weight is 357 g/mol. The number of carbonyl (C=O) groups excluding carboxylic acids is 2. The number of carbonyl (C=O) groups is 2. The average Bonchev–Trinajstić information content (AvgIpc) is 2.63. The summed E-state index contributed by atoms with van der Waals surface area (Å²) in [5.74, 6) is 0.465. The quantitative estimate of drug-likeness (QED) is 0.810. The smallest absolute Gasteiger partial charge is 0.410 e. The second-order valence-corrected chi connectivity index (χ2v) is 8.68. The topological polar surface area (TPSA) is 93.9 Å². The fourth-order valence-electron chi connectivity index (χ4n) is 2.84. The van der Waals surface area contributed by atoms with Gasteiger partial charge in [-0.25, -0.2) is 9.59 Å². The first-order chi connectivity index (χ1) is 11.4. The number of amides is 2. The van der Waals surface area contributed by atoms with Gasteiger partial charge in [-0.3, -0.25) is 0 Å². The predicted molar refractivity (Wildman–Crippen MR) is 97.3 cm³/mol. The largest absolute Gasteiger partial charge is 0.444 e. The number of nitrogens with zero attached hydrogens (tertiary/aromatic N) is 1. The van der Waals surface area contributed by atoms with Crippen LogP contribution in [-0.4, -0.2) is 54.5 Å². The zero-order chi connectivity index (χ0) is 19.3. The fourth-order valence-corrected chi connectivity index (χ4v) is 2.84. The Bertz CT molecular complexity index is 454. The molecule has 7 heteroatoms. The van der Waals surface area contributed by atoms with Crippen molar-refractivity contribution in [3.05, 3.63) is 0 Å². The Balaban J connectivity index is 2.58. The molecule has 7 nitrogen and oxygen atoms in total. The summed E-state index contributed by atoms with van der Waals surface area (Å²) >= 11 is 0. The first kappa shape index (κ1) is 21.5. The van der Waals surface area contributed by atoms with E-state index >= 15 is 0 Å². The molecule has 1 aliphatic rings. The number of nitrogens with one attached hydrogen (secondary N) is 1. The van der Waals surface area contributed by atoms with Crippen LogP contribution in [0.1, 0.15) is 54.4 Å². The van der Waals surface area contributed by atoms with Crippen LogP contribution >= 0.6 is 0 Å². The molecule has 2 atom stereocenters. The van der Waals surface area contributed by atoms with Gasteiger partial charge in [0.15, 0.2) is 0 Å². The SMILES string of the molecule is CC(C)(C)OC(=O)NC[C@@H]1CCN(C(=O)OC(C)(C)C)CC[C@@H]1CN. The van der Waals surface area contributed by atoms with Crippen molar-refractivity contribution < 1.29 is 19.1 Å². The molecule has 1 saturated heterocycles. The molecular formula is C18H35N3O4. The second kappa shape index (κ2) is 8.74. The Morgan fingerprint density at radius 2 is 1.52 bits per heavy atom. The molecule has 0 radical (unpaired) electrons. The van der Waals surface area contributed by atoms with Crippen molar-refractivity contribution >= 4 is 12.2 Å². The minimum Gasteiger partial charge on any atom is -0.444 e. The van der Waals surface area contributed by atoms with Crippen LogP contribution in [0.4, 0.5) is 9.59 Å². The Morgan fingerprint density at radius 1 is 1.00 bits per heavy atom. The van der Waals surface area contributed by atoms with Crippen LogP contribution in [0.5, 0.6) is 0 Å². The number of likely N-dealkylation sites (tertiary alicyclic amines) is 1. The molecule has 1 aliphatic heterocycles. The molecule has 0 aromatic carbocycles. The minimum absolute atomic E-state index is 0.213. The van der Waals surface area contributed by atoms with E-state index in [-0.39, 0.29) is 17.9 Å². The summed E-state index contributed by atoms with van der Waals surface area (Å²) in [6.07, 6.45) is 0.869. The van der Waals surface area contributed by atoms with Gasteiger partial charge in [0.2, 0.25) is 0 Å². The van der Waals surface area contributed by atoms with Crippen molar-refractivity contribution in [2.45, 2.75) is 65.6 Å². The molecule has 1 heterocycles. The molecule has 0 aliphatic carbocycles. The van der Waals surface area contributed by atoms with Crippen molar-refractivity contribution in [1.29, 1.82) is 0 Å². The van der Waals surface area contributed by atoms with Crippen molar-refractivity contribution in [3.8, 4) is 0 Å². The van der Waals surface area contributed by atoms with E-state index in [0.29, 0.717) is 26.2 Å². The van der Waals surface area contributed by atoms with Crippen LogP contribution in [-0.2, 0) is 9.47 Å². The Hall–Kier alpha value is -1.50. The molecule has 146 valence electrons. The highest BCUT2D eigenvalue weighted by atomic mass is 16.6. The van der Waals surface area contributed by atoms with E-state index in [0.717, 1.165) is 12.8 Å². The number of ether oxygens (including phenoxy) is 2. The highest BCUT2D eigenvalue weighted by Crippen LogP contribution is 2.24. The second-order valence-electron chi connectivity index (χ2n) is 8.68. The minimum atomic E-state index is -0.520. The van der Waals surface area contributed by atoms with Gasteiger partial charge in [-0.05, 0) is 72.8 Å². The lowest BCUT2D eigenvalue weighted by Crippen LogP contribution is -2.38. The van der Waals surface area contributed by atoms with E-state index in [2.05, 4.69) is 5.32 Å². The monoisotopic (exact) mass is 357 g/mol. The third-order valence-corrected chi connectivity index (χ3v) is 4.07. The molecule has 3 N–H and O–H groups in total. The number of hydrogen-bond donors (Lipinski definition) is 2. The Labute approximate surface area is 151 Å². The summed E-state index contributed by atoms with van der Waals surface area (Å²) in [7, 11) is 0. The number of rotatable bonds is 3. The Morgan fingerprint density at radius 3 is 2.00 bits per heavy atom. The molecule has 0 bridgehead atoms. The molecule has 1 rings (SSSR count). The third kappa shape index (κ3) is 8.43. The molecule has 0 saturated carbocycles. The van der Waals surface area contributed by atoms with Crippen LogP contribution in [0, 0.1) is 11.8 Å². The highest BCUT2D eigenvalue weighted by molar-refractivity contribution is 5.68. The van der Waals surface area contributed by atoms with Crippen LogP contribution < -0.4 is 11.1 Å². The lowest BCUT2D eigenvalue weighted by molar-refractivity contribution is 0.0253. The van der Waals surface area contributed by atoms with Crippen LogP contribution in [0.15, 0.2) is 0 Å². The fraction of sp³-hybridized carbons (Fsp3) is 0.889. The van der Waals surface area contributed by atoms with Gasteiger partial charge in [0.05, 0.1) is 0 Å². The van der Waals surface area contributed by atoms with Gasteiger partial charge in [-0.15, -0.1) is 0 Å². The van der Waals surface area contributed by atoms with Gasteiger partial charge in [0.1, 0.15) is 11.2 Å². The predicted octanol–water partition coefficient (Wildman–Crippen LogP) is 2.73. The molecule has 0 aromatic heterocycles. The van der Waals surface area contributed by atoms with Crippen LogP contribution in [0.2, 0.25) is 0 Å². The molecule has 1 fully saturated rings. The lowest BCUT2D eigenvalue weighted by atomic mass is 9.88. The van der Waals surface area contributed by atoms with Gasteiger partial charge in [-0.1, -0.05) is 0 Å². The van der Waals surface area contributed by atoms with Crippen molar-refractivity contribution in [2.24, 2.45) is 17.6 Å².